The molecule has 2 heterocycles. The second-order valence-corrected chi connectivity index (χ2v) is 8.48. The van der Waals surface area contributed by atoms with Crippen molar-refractivity contribution in [3.8, 4) is 22.8 Å². The van der Waals surface area contributed by atoms with Gasteiger partial charge in [-0.25, -0.2) is 14.8 Å². The first-order valence-electron chi connectivity index (χ1n) is 10.5. The number of nitrogens with two attached hydrogens (primary N) is 1. The quantitative estimate of drug-likeness (QED) is 0.426. The summed E-state index contributed by atoms with van der Waals surface area (Å²) in [5.74, 6) is 1.69. The molecule has 0 spiro atoms. The number of para-hydroxylation sites is 2. The molecule has 0 saturated heterocycles. The highest BCUT2D eigenvalue weighted by Crippen LogP contribution is 2.26. The van der Waals surface area contributed by atoms with Crippen LogP contribution in [0.2, 0.25) is 0 Å². The summed E-state index contributed by atoms with van der Waals surface area (Å²) in [4.78, 5) is 20.4. The predicted octanol–water partition coefficient (Wildman–Crippen LogP) is 5.10. The maximum Gasteiger partial charge on any atom is 0.412 e. The Morgan fingerprint density at radius 2 is 1.39 bits per heavy atom. The van der Waals surface area contributed by atoms with Gasteiger partial charge in [0.15, 0.2) is 0 Å². The van der Waals surface area contributed by atoms with Crippen molar-refractivity contribution in [3.05, 3.63) is 73.3 Å². The van der Waals surface area contributed by atoms with Crippen molar-refractivity contribution in [1.29, 1.82) is 0 Å². The minimum Gasteiger partial charge on any atom is -0.444 e. The first-order valence-corrected chi connectivity index (χ1v) is 10.5. The van der Waals surface area contributed by atoms with Gasteiger partial charge < -0.3 is 19.6 Å². The monoisotopic (exact) mass is 446 g/mol. The molecule has 2 aromatic heterocycles. The lowest BCUT2D eigenvalue weighted by atomic mass is 10.1. The lowest BCUT2D eigenvalue weighted by Crippen LogP contribution is -2.27. The van der Waals surface area contributed by atoms with E-state index in [2.05, 4.69) is 15.3 Å². The molecule has 0 saturated carbocycles. The number of nitrogens with one attached hydrogen (secondary N) is 1. The van der Waals surface area contributed by atoms with Crippen molar-refractivity contribution in [2.24, 2.45) is 14.1 Å². The van der Waals surface area contributed by atoms with Gasteiger partial charge in [-0.15, -0.1) is 0 Å². The zero-order valence-electron chi connectivity index (χ0n) is 19.6. The van der Waals surface area contributed by atoms with E-state index >= 15 is 0 Å². The van der Waals surface area contributed by atoms with Gasteiger partial charge in [-0.1, -0.05) is 24.3 Å². The zero-order valence-corrected chi connectivity index (χ0v) is 19.6. The summed E-state index contributed by atoms with van der Waals surface area (Å²) < 4.78 is 9.12. The molecule has 2 aromatic carbocycles. The molecule has 172 valence electrons. The van der Waals surface area contributed by atoms with E-state index in [1.165, 1.54) is 0 Å². The number of nitrogen functional groups attached to an aromatic ring is 1. The number of anilines is 2. The third-order valence-electron chi connectivity index (χ3n) is 4.65. The van der Waals surface area contributed by atoms with Crippen molar-refractivity contribution < 1.29 is 9.53 Å². The van der Waals surface area contributed by atoms with Gasteiger partial charge in [-0.05, 0) is 45.0 Å². The van der Waals surface area contributed by atoms with Crippen molar-refractivity contribution in [1.82, 2.24) is 19.1 Å². The normalized spacial score (nSPS) is 10.8. The highest BCUT2D eigenvalue weighted by Gasteiger charge is 2.18. The van der Waals surface area contributed by atoms with Gasteiger partial charge in [0.25, 0.3) is 0 Å². The minimum absolute atomic E-state index is 0.473. The van der Waals surface area contributed by atoms with Gasteiger partial charge in [-0.3, -0.25) is 5.32 Å². The minimum atomic E-state index is -0.526. The number of hydrogen-bond acceptors (Lipinski definition) is 5. The molecule has 0 aliphatic rings. The number of rotatable bonds is 3. The molecule has 33 heavy (non-hydrogen) atoms. The molecular formula is C25H30N6O2. The summed E-state index contributed by atoms with van der Waals surface area (Å²) in [5.41, 5.74) is 8.57. The number of imidazole rings is 2. The average molecular weight is 447 g/mol. The molecular weight excluding hydrogens is 416 g/mol. The Hall–Kier alpha value is -4.07. The van der Waals surface area contributed by atoms with Gasteiger partial charge in [0.1, 0.15) is 17.2 Å². The Bertz CT molecular complexity index is 1220. The number of aryl methyl sites for hydroxylation is 2. The van der Waals surface area contributed by atoms with Crippen LogP contribution in [0.1, 0.15) is 20.8 Å². The lowest BCUT2D eigenvalue weighted by Gasteiger charge is -2.20. The molecule has 4 aromatic rings. The van der Waals surface area contributed by atoms with Crippen molar-refractivity contribution in [3.63, 3.8) is 0 Å². The van der Waals surface area contributed by atoms with Crippen molar-refractivity contribution in [2.45, 2.75) is 26.4 Å². The Morgan fingerprint density at radius 1 is 0.879 bits per heavy atom. The molecule has 1 amide bonds. The van der Waals surface area contributed by atoms with E-state index in [1.807, 2.05) is 105 Å². The second-order valence-electron chi connectivity index (χ2n) is 8.48. The van der Waals surface area contributed by atoms with E-state index in [1.54, 1.807) is 12.4 Å². The summed E-state index contributed by atoms with van der Waals surface area (Å²) in [6.07, 6.45) is 6.78. The SMILES string of the molecule is Cn1ccnc1-c1ccccc1N.Cn1ccnc1-c1ccccc1NC(=O)OC(C)(C)C. The molecule has 0 unspecified atom stereocenters. The van der Waals surface area contributed by atoms with Gasteiger partial charge in [0, 0.05) is 55.7 Å². The largest absolute Gasteiger partial charge is 0.444 e. The van der Waals surface area contributed by atoms with Crippen LogP contribution in [-0.4, -0.2) is 30.8 Å². The van der Waals surface area contributed by atoms with E-state index in [0.717, 1.165) is 28.5 Å². The number of hydrogen-bond donors (Lipinski definition) is 2. The zero-order chi connectivity index (χ0) is 24.0. The highest BCUT2D eigenvalue weighted by atomic mass is 16.6. The Labute approximate surface area is 194 Å². The van der Waals surface area contributed by atoms with Gasteiger partial charge >= 0.3 is 6.09 Å². The van der Waals surface area contributed by atoms with Crippen LogP contribution in [0.25, 0.3) is 22.8 Å². The highest BCUT2D eigenvalue weighted by molar-refractivity contribution is 5.90. The number of nitrogens with zero attached hydrogens (tertiary/aromatic N) is 4. The topological polar surface area (TPSA) is 100.0 Å². The van der Waals surface area contributed by atoms with E-state index in [9.17, 15) is 4.79 Å². The molecule has 4 rings (SSSR count). The van der Waals surface area contributed by atoms with Crippen LogP contribution in [0, 0.1) is 0 Å². The van der Waals surface area contributed by atoms with Crippen LogP contribution >= 0.6 is 0 Å². The molecule has 0 aliphatic heterocycles. The van der Waals surface area contributed by atoms with Crippen LogP contribution < -0.4 is 11.1 Å². The molecule has 0 bridgehead atoms. The fraction of sp³-hybridized carbons (Fsp3) is 0.240. The summed E-state index contributed by atoms with van der Waals surface area (Å²) in [5, 5.41) is 2.77. The number of ether oxygens (including phenoxy) is 1. The Kier molecular flexibility index (Phi) is 7.17. The average Bonchev–Trinajstić information content (AvgIpc) is 3.36. The van der Waals surface area contributed by atoms with Gasteiger partial charge in [-0.2, -0.15) is 0 Å². The van der Waals surface area contributed by atoms with Gasteiger partial charge in [0.2, 0.25) is 0 Å². The summed E-state index contributed by atoms with van der Waals surface area (Å²) in [6, 6.07) is 15.2. The summed E-state index contributed by atoms with van der Waals surface area (Å²) in [6.45, 7) is 5.49. The van der Waals surface area contributed by atoms with Crippen LogP contribution in [0.3, 0.4) is 0 Å². The lowest BCUT2D eigenvalue weighted by molar-refractivity contribution is 0.0636. The third-order valence-corrected chi connectivity index (χ3v) is 4.65. The Balaban J connectivity index is 0.000000203. The predicted molar refractivity (Wildman–Crippen MR) is 132 cm³/mol. The molecule has 3 N–H and O–H groups in total. The molecule has 0 aliphatic carbocycles. The summed E-state index contributed by atoms with van der Waals surface area (Å²) >= 11 is 0. The smallest absolute Gasteiger partial charge is 0.412 e. The second kappa shape index (κ2) is 10.0. The van der Waals surface area contributed by atoms with E-state index < -0.39 is 11.7 Å². The third kappa shape index (κ3) is 6.22. The first-order chi connectivity index (χ1) is 15.7. The van der Waals surface area contributed by atoms with Crippen LogP contribution in [0.4, 0.5) is 16.2 Å². The number of amides is 1. The van der Waals surface area contributed by atoms with Crippen molar-refractivity contribution >= 4 is 17.5 Å². The van der Waals surface area contributed by atoms with E-state index in [-0.39, 0.29) is 0 Å². The van der Waals surface area contributed by atoms with Crippen molar-refractivity contribution in [2.75, 3.05) is 11.1 Å². The summed E-state index contributed by atoms with van der Waals surface area (Å²) in [7, 11) is 3.86. The Morgan fingerprint density at radius 3 is 1.91 bits per heavy atom. The molecule has 0 radical (unpaired) electrons. The number of carbonyl (C=O) groups is 1. The molecule has 0 fully saturated rings. The number of aromatic nitrogens is 4. The van der Waals surface area contributed by atoms with E-state index in [0.29, 0.717) is 5.69 Å². The standard InChI is InChI=1S/C15H19N3O2.C10H11N3/c1-15(2,3)20-14(19)17-12-8-6-5-7-11(12)13-16-9-10-18(13)4;1-13-7-6-12-10(13)8-4-2-3-5-9(8)11/h5-10H,1-4H3,(H,17,19);2-7H,11H2,1H3. The van der Waals surface area contributed by atoms with Crippen LogP contribution in [0.5, 0.6) is 0 Å². The first kappa shape index (κ1) is 23.6. The molecule has 0 atom stereocenters. The van der Waals surface area contributed by atoms with E-state index in [4.69, 9.17) is 10.5 Å². The molecule has 8 heteroatoms. The van der Waals surface area contributed by atoms with Gasteiger partial charge in [0.05, 0.1) is 5.69 Å². The maximum absolute atomic E-state index is 11.9. The number of carbonyl (C=O) groups excluding carboxylic acids is 1. The maximum atomic E-state index is 11.9. The van der Waals surface area contributed by atoms with Crippen LogP contribution in [-0.2, 0) is 18.8 Å². The molecule has 8 nitrogen and oxygen atoms in total. The van der Waals surface area contributed by atoms with Crippen LogP contribution in [0.15, 0.2) is 73.3 Å². The fourth-order valence-corrected chi connectivity index (χ4v) is 3.15. The number of benzene rings is 2. The fourth-order valence-electron chi connectivity index (χ4n) is 3.15.